The fourth-order valence-corrected chi connectivity index (χ4v) is 5.48. The first-order valence-corrected chi connectivity index (χ1v) is 14.5. The Morgan fingerprint density at radius 3 is 2.08 bits per heavy atom. The summed E-state index contributed by atoms with van der Waals surface area (Å²) >= 11 is 0. The van der Waals surface area contributed by atoms with Crippen LogP contribution in [0.3, 0.4) is 0 Å². The van der Waals surface area contributed by atoms with E-state index in [9.17, 15) is 18.3 Å². The van der Waals surface area contributed by atoms with Crippen LogP contribution in [0.2, 0.25) is 0 Å². The third-order valence-corrected chi connectivity index (χ3v) is 8.20. The van der Waals surface area contributed by atoms with Crippen LogP contribution in [0.5, 0.6) is 5.75 Å². The quantitative estimate of drug-likeness (QED) is 0.301. The number of ether oxygens (including phenoxy) is 2. The second-order valence-electron chi connectivity index (χ2n) is 9.79. The second kappa shape index (κ2) is 14.7. The van der Waals surface area contributed by atoms with Gasteiger partial charge in [-0.2, -0.15) is 4.31 Å². The zero-order chi connectivity index (χ0) is 28.3. The predicted octanol–water partition coefficient (Wildman–Crippen LogP) is 4.63. The predicted molar refractivity (Wildman–Crippen MR) is 151 cm³/mol. The van der Waals surface area contributed by atoms with Gasteiger partial charge in [-0.05, 0) is 54.2 Å². The molecule has 0 heterocycles. The number of carbonyl (C=O) groups excluding carboxylic acids is 1. The van der Waals surface area contributed by atoms with E-state index in [0.29, 0.717) is 18.6 Å². The maximum Gasteiger partial charge on any atom is 0.407 e. The molecule has 0 saturated carbocycles. The fourth-order valence-electron chi connectivity index (χ4n) is 4.01. The van der Waals surface area contributed by atoms with Crippen molar-refractivity contribution in [2.24, 2.45) is 5.92 Å². The summed E-state index contributed by atoms with van der Waals surface area (Å²) in [6.07, 6.45) is -0.985. The molecule has 0 aromatic heterocycles. The van der Waals surface area contributed by atoms with Crippen molar-refractivity contribution in [2.75, 3.05) is 20.2 Å². The molecule has 3 aromatic rings. The molecule has 0 aliphatic carbocycles. The SMILES string of the molecule is COc1ccc(S(=O)(=O)N(CCC(C)C)C[C@@H](O)[C@H](Cc2ccccc2)NC(=O)OCc2ccccc2)cc1. The molecule has 0 unspecified atom stereocenters. The minimum atomic E-state index is -3.92. The molecule has 0 aliphatic heterocycles. The fraction of sp³-hybridized carbons (Fsp3) is 0.367. The van der Waals surface area contributed by atoms with Crippen LogP contribution in [0.25, 0.3) is 0 Å². The highest BCUT2D eigenvalue weighted by Gasteiger charge is 2.31. The number of hydrogen-bond acceptors (Lipinski definition) is 6. The number of hydrogen-bond donors (Lipinski definition) is 2. The van der Waals surface area contributed by atoms with Gasteiger partial charge in [-0.1, -0.05) is 74.5 Å². The third-order valence-electron chi connectivity index (χ3n) is 6.32. The Morgan fingerprint density at radius 2 is 1.51 bits per heavy atom. The van der Waals surface area contributed by atoms with Crippen molar-refractivity contribution in [2.45, 2.75) is 50.3 Å². The van der Waals surface area contributed by atoms with Crippen molar-refractivity contribution in [1.29, 1.82) is 0 Å². The van der Waals surface area contributed by atoms with E-state index in [1.54, 1.807) is 12.1 Å². The van der Waals surface area contributed by atoms with Crippen LogP contribution in [0, 0.1) is 5.92 Å². The van der Waals surface area contributed by atoms with Crippen LogP contribution < -0.4 is 10.1 Å². The molecule has 1 amide bonds. The number of sulfonamides is 1. The first-order valence-electron chi connectivity index (χ1n) is 13.0. The summed E-state index contributed by atoms with van der Waals surface area (Å²) in [6, 6.07) is 24.1. The van der Waals surface area contributed by atoms with Crippen molar-refractivity contribution in [3.63, 3.8) is 0 Å². The Kier molecular flexibility index (Phi) is 11.3. The Bertz CT molecular complexity index is 1250. The van der Waals surface area contributed by atoms with Crippen LogP contribution in [-0.2, 0) is 27.8 Å². The summed E-state index contributed by atoms with van der Waals surface area (Å²) in [5.41, 5.74) is 1.72. The summed E-state index contributed by atoms with van der Waals surface area (Å²) in [5, 5.41) is 14.1. The summed E-state index contributed by atoms with van der Waals surface area (Å²) in [6.45, 7) is 4.12. The van der Waals surface area contributed by atoms with E-state index < -0.39 is 28.3 Å². The number of methoxy groups -OCH3 is 1. The zero-order valence-corrected chi connectivity index (χ0v) is 23.5. The largest absolute Gasteiger partial charge is 0.497 e. The van der Waals surface area contributed by atoms with Crippen molar-refractivity contribution in [3.8, 4) is 5.75 Å². The number of amides is 1. The molecule has 210 valence electrons. The summed E-state index contributed by atoms with van der Waals surface area (Å²) in [7, 11) is -2.41. The number of rotatable bonds is 14. The van der Waals surface area contributed by atoms with Gasteiger partial charge in [0.25, 0.3) is 0 Å². The molecule has 39 heavy (non-hydrogen) atoms. The highest BCUT2D eigenvalue weighted by molar-refractivity contribution is 7.89. The normalized spacial score (nSPS) is 13.2. The molecule has 2 N–H and O–H groups in total. The monoisotopic (exact) mass is 554 g/mol. The van der Waals surface area contributed by atoms with E-state index in [0.717, 1.165) is 11.1 Å². The molecule has 2 atom stereocenters. The number of benzene rings is 3. The van der Waals surface area contributed by atoms with E-state index in [4.69, 9.17) is 9.47 Å². The molecule has 9 heteroatoms. The average molecular weight is 555 g/mol. The van der Waals surface area contributed by atoms with Crippen molar-refractivity contribution in [3.05, 3.63) is 96.1 Å². The van der Waals surface area contributed by atoms with Crippen molar-refractivity contribution < 1.29 is 27.8 Å². The standard InChI is InChI=1S/C30H38N2O6S/c1-23(2)18-19-32(39(35,36)27-16-14-26(37-3)15-17-27)21-29(33)28(20-24-10-6-4-7-11-24)31-30(34)38-22-25-12-8-5-9-13-25/h4-17,23,28-29,33H,18-22H2,1-3H3,(H,31,34)/t28-,29+/m0/s1. The van der Waals surface area contributed by atoms with Gasteiger partial charge < -0.3 is 19.9 Å². The van der Waals surface area contributed by atoms with Crippen molar-refractivity contribution >= 4 is 16.1 Å². The van der Waals surface area contributed by atoms with Gasteiger partial charge in [0.05, 0.1) is 24.2 Å². The molecule has 3 rings (SSSR count). The second-order valence-corrected chi connectivity index (χ2v) is 11.7. The highest BCUT2D eigenvalue weighted by atomic mass is 32.2. The molecule has 8 nitrogen and oxygen atoms in total. The summed E-state index contributed by atoms with van der Waals surface area (Å²) in [5.74, 6) is 0.797. The van der Waals surface area contributed by atoms with Gasteiger partial charge in [0.1, 0.15) is 12.4 Å². The van der Waals surface area contributed by atoms with E-state index >= 15 is 0 Å². The topological polar surface area (TPSA) is 105 Å². The van der Waals surface area contributed by atoms with Gasteiger partial charge in [-0.3, -0.25) is 0 Å². The smallest absolute Gasteiger partial charge is 0.407 e. The van der Waals surface area contributed by atoms with Crippen LogP contribution in [0.15, 0.2) is 89.8 Å². The number of aliphatic hydroxyl groups is 1. The molecule has 0 fully saturated rings. The van der Waals surface area contributed by atoms with Gasteiger partial charge in [0.15, 0.2) is 0 Å². The number of aliphatic hydroxyl groups excluding tert-OH is 1. The van der Waals surface area contributed by atoms with Crippen LogP contribution in [0.4, 0.5) is 4.79 Å². The summed E-state index contributed by atoms with van der Waals surface area (Å²) < 4.78 is 39.0. The molecular formula is C30H38N2O6S. The van der Waals surface area contributed by atoms with Crippen LogP contribution in [-0.4, -0.2) is 56.3 Å². The lowest BCUT2D eigenvalue weighted by atomic mass is 10.0. The van der Waals surface area contributed by atoms with Crippen LogP contribution in [0.1, 0.15) is 31.4 Å². The Morgan fingerprint density at radius 1 is 0.923 bits per heavy atom. The maximum atomic E-state index is 13.6. The number of alkyl carbamates (subject to hydrolysis) is 1. The number of nitrogens with zero attached hydrogens (tertiary/aromatic N) is 1. The molecule has 0 spiro atoms. The van der Waals surface area contributed by atoms with E-state index in [-0.39, 0.29) is 30.5 Å². The minimum absolute atomic E-state index is 0.0766. The van der Waals surface area contributed by atoms with Gasteiger partial charge >= 0.3 is 6.09 Å². The van der Waals surface area contributed by atoms with Gasteiger partial charge in [-0.25, -0.2) is 13.2 Å². The maximum absolute atomic E-state index is 13.6. The van der Waals surface area contributed by atoms with E-state index in [2.05, 4.69) is 5.32 Å². The molecule has 0 radical (unpaired) electrons. The lowest BCUT2D eigenvalue weighted by molar-refractivity contribution is 0.0883. The Balaban J connectivity index is 1.80. The van der Waals surface area contributed by atoms with E-state index in [1.807, 2.05) is 74.5 Å². The average Bonchev–Trinajstić information content (AvgIpc) is 2.94. The minimum Gasteiger partial charge on any atom is -0.497 e. The zero-order valence-electron chi connectivity index (χ0n) is 22.7. The molecule has 3 aromatic carbocycles. The lowest BCUT2D eigenvalue weighted by Crippen LogP contribution is -2.50. The number of carbonyl (C=O) groups is 1. The van der Waals surface area contributed by atoms with Crippen molar-refractivity contribution in [1.82, 2.24) is 9.62 Å². The van der Waals surface area contributed by atoms with Gasteiger partial charge in [0.2, 0.25) is 10.0 Å². The molecule has 0 aliphatic rings. The lowest BCUT2D eigenvalue weighted by Gasteiger charge is -2.30. The Labute approximate surface area is 231 Å². The molecule has 0 saturated heterocycles. The molecule has 0 bridgehead atoms. The van der Waals surface area contributed by atoms with Crippen LogP contribution >= 0.6 is 0 Å². The third kappa shape index (κ3) is 9.38. The molecular weight excluding hydrogens is 516 g/mol. The Hall–Kier alpha value is -3.40. The number of nitrogens with one attached hydrogen (secondary N) is 1. The van der Waals surface area contributed by atoms with Gasteiger partial charge in [0, 0.05) is 13.1 Å². The van der Waals surface area contributed by atoms with Gasteiger partial charge in [-0.15, -0.1) is 0 Å². The first kappa shape index (κ1) is 30.1. The highest BCUT2D eigenvalue weighted by Crippen LogP contribution is 2.22. The first-order chi connectivity index (χ1) is 18.7. The van der Waals surface area contributed by atoms with E-state index in [1.165, 1.54) is 23.5 Å². The summed E-state index contributed by atoms with van der Waals surface area (Å²) in [4.78, 5) is 12.8.